The SMILES string of the molecule is CCc1ccc(C(NC2CCS(=O)(=O)CC2)C(C)C)cc1. The van der Waals surface area contributed by atoms with Gasteiger partial charge in [-0.1, -0.05) is 45.0 Å². The van der Waals surface area contributed by atoms with E-state index in [-0.39, 0.29) is 0 Å². The minimum absolute atomic E-state index is 0.293. The van der Waals surface area contributed by atoms with Gasteiger partial charge in [-0.25, -0.2) is 8.42 Å². The Hall–Kier alpha value is -0.870. The van der Waals surface area contributed by atoms with Crippen molar-refractivity contribution in [1.29, 1.82) is 0 Å². The van der Waals surface area contributed by atoms with E-state index in [9.17, 15) is 8.42 Å². The topological polar surface area (TPSA) is 46.2 Å². The number of sulfone groups is 1. The van der Waals surface area contributed by atoms with Crippen molar-refractivity contribution in [3.63, 3.8) is 0 Å². The fourth-order valence-corrected chi connectivity index (χ4v) is 4.44. The van der Waals surface area contributed by atoms with E-state index in [0.29, 0.717) is 29.5 Å². The standard InChI is InChI=1S/C17H27NO2S/c1-4-14-5-7-15(8-6-14)17(13(2)3)18-16-9-11-21(19,20)12-10-16/h5-8,13,16-18H,4,9-12H2,1-3H3. The predicted octanol–water partition coefficient (Wildman–Crippen LogP) is 3.11. The van der Waals surface area contributed by atoms with Crippen molar-refractivity contribution < 1.29 is 8.42 Å². The summed E-state index contributed by atoms with van der Waals surface area (Å²) in [4.78, 5) is 0. The minimum Gasteiger partial charge on any atom is -0.307 e. The molecule has 0 bridgehead atoms. The second-order valence-corrected chi connectivity index (χ2v) is 8.71. The smallest absolute Gasteiger partial charge is 0.150 e. The molecule has 2 rings (SSSR count). The molecule has 4 heteroatoms. The lowest BCUT2D eigenvalue weighted by atomic mass is 9.93. The van der Waals surface area contributed by atoms with Gasteiger partial charge in [0.25, 0.3) is 0 Å². The van der Waals surface area contributed by atoms with E-state index in [4.69, 9.17) is 0 Å². The number of hydrogen-bond acceptors (Lipinski definition) is 3. The lowest BCUT2D eigenvalue weighted by Gasteiger charge is -2.31. The molecular formula is C17H27NO2S. The first-order chi connectivity index (χ1) is 9.91. The molecule has 0 radical (unpaired) electrons. The maximum atomic E-state index is 11.5. The molecule has 0 aromatic heterocycles. The molecule has 0 spiro atoms. The maximum absolute atomic E-state index is 11.5. The number of aryl methyl sites for hydroxylation is 1. The molecule has 118 valence electrons. The van der Waals surface area contributed by atoms with Crippen molar-refractivity contribution in [2.24, 2.45) is 5.92 Å². The quantitative estimate of drug-likeness (QED) is 0.909. The summed E-state index contributed by atoms with van der Waals surface area (Å²) in [7, 11) is -2.79. The van der Waals surface area contributed by atoms with Gasteiger partial charge in [-0.05, 0) is 36.3 Å². The molecule has 21 heavy (non-hydrogen) atoms. The minimum atomic E-state index is -2.79. The van der Waals surface area contributed by atoms with Crippen LogP contribution in [0.2, 0.25) is 0 Å². The average molecular weight is 309 g/mol. The van der Waals surface area contributed by atoms with Gasteiger partial charge in [-0.3, -0.25) is 0 Å². The fraction of sp³-hybridized carbons (Fsp3) is 0.647. The molecule has 1 aliphatic rings. The Kier molecular flexibility index (Phi) is 5.44. The Labute approximate surface area is 129 Å². The van der Waals surface area contributed by atoms with Gasteiger partial charge < -0.3 is 5.32 Å². The van der Waals surface area contributed by atoms with Crippen molar-refractivity contribution >= 4 is 9.84 Å². The molecule has 1 heterocycles. The van der Waals surface area contributed by atoms with Crippen LogP contribution in [-0.4, -0.2) is 26.0 Å². The summed E-state index contributed by atoms with van der Waals surface area (Å²) in [6.45, 7) is 6.59. The van der Waals surface area contributed by atoms with E-state index >= 15 is 0 Å². The van der Waals surface area contributed by atoms with Crippen molar-refractivity contribution in [2.45, 2.75) is 52.1 Å². The maximum Gasteiger partial charge on any atom is 0.150 e. The highest BCUT2D eigenvalue weighted by Crippen LogP contribution is 2.25. The molecule has 1 N–H and O–H groups in total. The first kappa shape index (κ1) is 16.5. The van der Waals surface area contributed by atoms with Gasteiger partial charge in [0.1, 0.15) is 9.84 Å². The number of rotatable bonds is 5. The van der Waals surface area contributed by atoms with Crippen LogP contribution >= 0.6 is 0 Å². The summed E-state index contributed by atoms with van der Waals surface area (Å²) >= 11 is 0. The predicted molar refractivity (Wildman–Crippen MR) is 88.2 cm³/mol. The zero-order chi connectivity index (χ0) is 15.5. The Bertz CT molecular complexity index is 535. The van der Waals surface area contributed by atoms with Crippen LogP contribution in [0.25, 0.3) is 0 Å². The Morgan fingerprint density at radius 2 is 1.71 bits per heavy atom. The van der Waals surface area contributed by atoms with E-state index in [0.717, 1.165) is 19.3 Å². The average Bonchev–Trinajstić information content (AvgIpc) is 2.46. The van der Waals surface area contributed by atoms with Crippen LogP contribution < -0.4 is 5.32 Å². The Morgan fingerprint density at radius 1 is 1.14 bits per heavy atom. The van der Waals surface area contributed by atoms with Crippen molar-refractivity contribution in [3.05, 3.63) is 35.4 Å². The third-order valence-electron chi connectivity index (χ3n) is 4.38. The molecule has 0 saturated carbocycles. The number of benzene rings is 1. The van der Waals surface area contributed by atoms with Crippen molar-refractivity contribution in [3.8, 4) is 0 Å². The second kappa shape index (κ2) is 6.93. The number of nitrogens with one attached hydrogen (secondary N) is 1. The zero-order valence-electron chi connectivity index (χ0n) is 13.3. The van der Waals surface area contributed by atoms with E-state index in [1.807, 2.05) is 0 Å². The zero-order valence-corrected chi connectivity index (χ0v) is 14.1. The van der Waals surface area contributed by atoms with Crippen LogP contribution in [0, 0.1) is 5.92 Å². The highest BCUT2D eigenvalue weighted by molar-refractivity contribution is 7.91. The van der Waals surface area contributed by atoms with Gasteiger partial charge in [0.15, 0.2) is 0 Å². The van der Waals surface area contributed by atoms with E-state index in [1.165, 1.54) is 11.1 Å². The summed E-state index contributed by atoms with van der Waals surface area (Å²) in [5.74, 6) is 1.13. The molecule has 3 nitrogen and oxygen atoms in total. The molecule has 1 aromatic rings. The third kappa shape index (κ3) is 4.55. The Balaban J connectivity index is 2.05. The van der Waals surface area contributed by atoms with Crippen LogP contribution in [0.5, 0.6) is 0 Å². The lowest BCUT2D eigenvalue weighted by Crippen LogP contribution is -2.41. The fourth-order valence-electron chi connectivity index (χ4n) is 2.94. The number of hydrogen-bond donors (Lipinski definition) is 1. The van der Waals surface area contributed by atoms with Crippen LogP contribution in [0.4, 0.5) is 0 Å². The first-order valence-corrected chi connectivity index (χ1v) is 9.78. The van der Waals surface area contributed by atoms with Crippen molar-refractivity contribution in [2.75, 3.05) is 11.5 Å². The lowest BCUT2D eigenvalue weighted by molar-refractivity contribution is 0.342. The molecule has 1 fully saturated rings. The van der Waals surface area contributed by atoms with Gasteiger partial charge in [0, 0.05) is 12.1 Å². The van der Waals surface area contributed by atoms with E-state index in [2.05, 4.69) is 50.4 Å². The highest BCUT2D eigenvalue weighted by atomic mass is 32.2. The summed E-state index contributed by atoms with van der Waals surface area (Å²) in [6.07, 6.45) is 2.53. The normalized spacial score (nSPS) is 20.6. The van der Waals surface area contributed by atoms with Crippen LogP contribution in [0.3, 0.4) is 0 Å². The molecule has 0 aliphatic carbocycles. The van der Waals surface area contributed by atoms with E-state index in [1.54, 1.807) is 0 Å². The molecule has 1 aromatic carbocycles. The van der Waals surface area contributed by atoms with E-state index < -0.39 is 9.84 Å². The molecule has 0 amide bonds. The van der Waals surface area contributed by atoms with Gasteiger partial charge >= 0.3 is 0 Å². The van der Waals surface area contributed by atoms with Crippen molar-refractivity contribution in [1.82, 2.24) is 5.32 Å². The van der Waals surface area contributed by atoms with Crippen LogP contribution in [-0.2, 0) is 16.3 Å². The van der Waals surface area contributed by atoms with Gasteiger partial charge in [0.05, 0.1) is 11.5 Å². The molecule has 1 unspecified atom stereocenters. The summed E-state index contributed by atoms with van der Waals surface area (Å²) < 4.78 is 23.1. The third-order valence-corrected chi connectivity index (χ3v) is 6.10. The molecule has 1 aliphatic heterocycles. The van der Waals surface area contributed by atoms with Gasteiger partial charge in [-0.15, -0.1) is 0 Å². The first-order valence-electron chi connectivity index (χ1n) is 7.96. The highest BCUT2D eigenvalue weighted by Gasteiger charge is 2.26. The Morgan fingerprint density at radius 3 is 2.19 bits per heavy atom. The molecular weight excluding hydrogens is 282 g/mol. The second-order valence-electron chi connectivity index (χ2n) is 6.41. The van der Waals surface area contributed by atoms with Gasteiger partial charge in [-0.2, -0.15) is 0 Å². The largest absolute Gasteiger partial charge is 0.307 e. The van der Waals surface area contributed by atoms with Crippen LogP contribution in [0.15, 0.2) is 24.3 Å². The van der Waals surface area contributed by atoms with Crippen LogP contribution in [0.1, 0.15) is 50.8 Å². The molecule has 1 saturated heterocycles. The summed E-state index contributed by atoms with van der Waals surface area (Å²) in [5.41, 5.74) is 2.65. The summed E-state index contributed by atoms with van der Waals surface area (Å²) in [6, 6.07) is 9.40. The van der Waals surface area contributed by atoms with Gasteiger partial charge in [0.2, 0.25) is 0 Å². The monoisotopic (exact) mass is 309 g/mol. The molecule has 1 atom stereocenters. The summed E-state index contributed by atoms with van der Waals surface area (Å²) in [5, 5.41) is 3.68.